The van der Waals surface area contributed by atoms with Crippen molar-refractivity contribution in [2.75, 3.05) is 12.8 Å². The van der Waals surface area contributed by atoms with E-state index in [0.717, 1.165) is 23.8 Å². The Morgan fingerprint density at radius 1 is 1.06 bits per heavy atom. The van der Waals surface area contributed by atoms with Gasteiger partial charge in [0.2, 0.25) is 5.69 Å². The Morgan fingerprint density at radius 3 is 2.41 bits per heavy atom. The first-order valence-electron chi connectivity index (χ1n) is 9.91. The minimum Gasteiger partial charge on any atom is -0.464 e. The van der Waals surface area contributed by atoms with Crippen LogP contribution in [0.15, 0.2) is 65.6 Å². The van der Waals surface area contributed by atoms with E-state index in [1.54, 1.807) is 30.3 Å². The normalized spacial score (nSPS) is 11.4. The van der Waals surface area contributed by atoms with E-state index >= 15 is 0 Å². The zero-order valence-corrected chi connectivity index (χ0v) is 18.0. The minimum atomic E-state index is -4.62. The maximum Gasteiger partial charge on any atom is 0.416 e. The van der Waals surface area contributed by atoms with Gasteiger partial charge in [0, 0.05) is 11.4 Å². The quantitative estimate of drug-likeness (QED) is 0.360. The number of benzene rings is 2. The third-order valence-electron chi connectivity index (χ3n) is 5.14. The lowest BCUT2D eigenvalue weighted by molar-refractivity contribution is -0.137. The predicted octanol–water partition coefficient (Wildman–Crippen LogP) is 3.78. The molecule has 0 aliphatic heterocycles. The smallest absolute Gasteiger partial charge is 0.416 e. The SMILES string of the molecule is COC(=O)c1nc(-c2ccnn2-c2ccc(N)cc2)c(C)n(-c2cccc(C(F)(F)F)c2)c1=O. The summed E-state index contributed by atoms with van der Waals surface area (Å²) in [6.45, 7) is 1.52. The molecule has 2 N–H and O–H groups in total. The maximum absolute atomic E-state index is 13.3. The third kappa shape index (κ3) is 4.03. The lowest BCUT2D eigenvalue weighted by atomic mass is 10.1. The first-order chi connectivity index (χ1) is 16.1. The van der Waals surface area contributed by atoms with Crippen molar-refractivity contribution in [1.82, 2.24) is 19.3 Å². The second kappa shape index (κ2) is 8.50. The number of nitrogens with zero attached hydrogens (tertiary/aromatic N) is 4. The summed E-state index contributed by atoms with van der Waals surface area (Å²) in [5.74, 6) is -1.02. The van der Waals surface area contributed by atoms with E-state index in [0.29, 0.717) is 17.1 Å². The summed E-state index contributed by atoms with van der Waals surface area (Å²) in [5.41, 5.74) is 5.16. The Morgan fingerprint density at radius 2 is 1.76 bits per heavy atom. The number of rotatable bonds is 4. The number of ether oxygens (including phenoxy) is 1. The number of alkyl halides is 3. The first-order valence-corrected chi connectivity index (χ1v) is 9.91. The Hall–Kier alpha value is -4.41. The van der Waals surface area contributed by atoms with Crippen LogP contribution in [0, 0.1) is 6.92 Å². The van der Waals surface area contributed by atoms with E-state index in [2.05, 4.69) is 10.1 Å². The fourth-order valence-electron chi connectivity index (χ4n) is 3.51. The van der Waals surface area contributed by atoms with Crippen LogP contribution in [0.3, 0.4) is 0 Å². The number of nitrogen functional groups attached to an aromatic ring is 1. The highest BCUT2D eigenvalue weighted by atomic mass is 19.4. The average molecular weight is 469 g/mol. The molecule has 0 saturated carbocycles. The van der Waals surface area contributed by atoms with Gasteiger partial charge in [0.1, 0.15) is 5.69 Å². The molecular weight excluding hydrogens is 451 g/mol. The minimum absolute atomic E-state index is 0.0790. The number of methoxy groups -OCH3 is 1. The standard InChI is InChI=1S/C23H18F3N5O3/c1-13-19(18-10-11-28-31(18)16-8-6-15(27)7-9-16)29-20(22(33)34-2)21(32)30(13)17-5-3-4-14(12-17)23(24,25)26/h3-12H,27H2,1-2H3. The zero-order chi connectivity index (χ0) is 24.6. The second-order valence-corrected chi connectivity index (χ2v) is 7.29. The van der Waals surface area contributed by atoms with Crippen molar-refractivity contribution in [3.8, 4) is 22.8 Å². The summed E-state index contributed by atoms with van der Waals surface area (Å²) < 4.78 is 47.2. The molecule has 0 bridgehead atoms. The molecule has 2 heterocycles. The number of hydrogen-bond acceptors (Lipinski definition) is 6. The van der Waals surface area contributed by atoms with Crippen molar-refractivity contribution < 1.29 is 22.7 Å². The molecule has 2 aromatic carbocycles. The van der Waals surface area contributed by atoms with Crippen LogP contribution in [-0.4, -0.2) is 32.4 Å². The molecule has 0 aliphatic rings. The van der Waals surface area contributed by atoms with Crippen LogP contribution in [0.5, 0.6) is 0 Å². The van der Waals surface area contributed by atoms with Gasteiger partial charge in [0.15, 0.2) is 0 Å². The number of anilines is 1. The molecule has 0 unspecified atom stereocenters. The molecule has 34 heavy (non-hydrogen) atoms. The lowest BCUT2D eigenvalue weighted by Gasteiger charge is -2.17. The monoisotopic (exact) mass is 469 g/mol. The van der Waals surface area contributed by atoms with Crippen LogP contribution in [0.1, 0.15) is 21.7 Å². The zero-order valence-electron chi connectivity index (χ0n) is 18.0. The Kier molecular flexibility index (Phi) is 5.70. The number of hydrogen-bond donors (Lipinski definition) is 1. The second-order valence-electron chi connectivity index (χ2n) is 7.29. The fourth-order valence-corrected chi connectivity index (χ4v) is 3.51. The molecule has 2 aromatic heterocycles. The average Bonchev–Trinajstić information content (AvgIpc) is 3.28. The van der Waals surface area contributed by atoms with E-state index in [9.17, 15) is 22.8 Å². The third-order valence-corrected chi connectivity index (χ3v) is 5.14. The van der Waals surface area contributed by atoms with Gasteiger partial charge in [-0.05, 0) is 55.5 Å². The number of carbonyl (C=O) groups excluding carboxylic acids is 1. The van der Waals surface area contributed by atoms with Crippen molar-refractivity contribution in [2.24, 2.45) is 0 Å². The number of halogens is 3. The molecule has 11 heteroatoms. The van der Waals surface area contributed by atoms with Gasteiger partial charge in [-0.1, -0.05) is 6.07 Å². The molecule has 0 saturated heterocycles. The van der Waals surface area contributed by atoms with E-state index in [4.69, 9.17) is 10.5 Å². The summed E-state index contributed by atoms with van der Waals surface area (Å²) in [6, 6.07) is 12.6. The molecule has 0 amide bonds. The summed E-state index contributed by atoms with van der Waals surface area (Å²) >= 11 is 0. The van der Waals surface area contributed by atoms with Crippen molar-refractivity contribution >= 4 is 11.7 Å². The number of esters is 1. The molecule has 8 nitrogen and oxygen atoms in total. The van der Waals surface area contributed by atoms with Crippen LogP contribution in [0.2, 0.25) is 0 Å². The fraction of sp³-hybridized carbons (Fsp3) is 0.130. The molecule has 0 spiro atoms. The van der Waals surface area contributed by atoms with Crippen molar-refractivity contribution in [2.45, 2.75) is 13.1 Å². The number of carbonyl (C=O) groups is 1. The largest absolute Gasteiger partial charge is 0.464 e. The Labute approximate surface area is 191 Å². The maximum atomic E-state index is 13.3. The van der Waals surface area contributed by atoms with E-state index in [1.807, 2.05) is 0 Å². The molecule has 4 rings (SSSR count). The molecule has 0 atom stereocenters. The highest BCUT2D eigenvalue weighted by Gasteiger charge is 2.31. The van der Waals surface area contributed by atoms with Crippen molar-refractivity contribution in [3.05, 3.63) is 88.1 Å². The summed E-state index contributed by atoms with van der Waals surface area (Å²) in [4.78, 5) is 29.7. The number of aromatic nitrogens is 4. The van der Waals surface area contributed by atoms with Gasteiger partial charge in [-0.3, -0.25) is 9.36 Å². The van der Waals surface area contributed by atoms with Gasteiger partial charge in [0.05, 0.1) is 35.9 Å². The van der Waals surface area contributed by atoms with Gasteiger partial charge in [-0.25, -0.2) is 14.5 Å². The summed E-state index contributed by atoms with van der Waals surface area (Å²) in [6.07, 6.45) is -3.13. The lowest BCUT2D eigenvalue weighted by Crippen LogP contribution is -2.30. The van der Waals surface area contributed by atoms with Crippen molar-refractivity contribution in [3.63, 3.8) is 0 Å². The number of nitrogens with two attached hydrogens (primary N) is 1. The van der Waals surface area contributed by atoms with Gasteiger partial charge in [-0.2, -0.15) is 18.3 Å². The molecule has 4 aromatic rings. The van der Waals surface area contributed by atoms with Gasteiger partial charge >= 0.3 is 12.1 Å². The van der Waals surface area contributed by atoms with Crippen molar-refractivity contribution in [1.29, 1.82) is 0 Å². The van der Waals surface area contributed by atoms with Crippen LogP contribution >= 0.6 is 0 Å². The first kappa shape index (κ1) is 22.8. The molecule has 174 valence electrons. The molecule has 0 aliphatic carbocycles. The van der Waals surface area contributed by atoms with E-state index in [1.165, 1.54) is 29.9 Å². The summed E-state index contributed by atoms with van der Waals surface area (Å²) in [5, 5.41) is 4.28. The topological polar surface area (TPSA) is 105 Å². The highest BCUT2D eigenvalue weighted by Crippen LogP contribution is 2.31. The van der Waals surface area contributed by atoms with Crippen LogP contribution in [-0.2, 0) is 10.9 Å². The summed E-state index contributed by atoms with van der Waals surface area (Å²) in [7, 11) is 1.08. The Bertz CT molecular complexity index is 1440. The Balaban J connectivity index is 2.01. The van der Waals surface area contributed by atoms with Crippen LogP contribution in [0.4, 0.5) is 18.9 Å². The van der Waals surface area contributed by atoms with Crippen LogP contribution in [0.25, 0.3) is 22.8 Å². The molecular formula is C23H18F3N5O3. The van der Waals surface area contributed by atoms with Gasteiger partial charge < -0.3 is 10.5 Å². The van der Waals surface area contributed by atoms with Gasteiger partial charge in [-0.15, -0.1) is 0 Å². The van der Waals surface area contributed by atoms with E-state index in [-0.39, 0.29) is 17.1 Å². The highest BCUT2D eigenvalue weighted by molar-refractivity contribution is 5.87. The van der Waals surface area contributed by atoms with Gasteiger partial charge in [0.25, 0.3) is 5.56 Å². The molecule has 0 fully saturated rings. The molecule has 0 radical (unpaired) electrons. The van der Waals surface area contributed by atoms with Crippen LogP contribution < -0.4 is 11.3 Å². The predicted molar refractivity (Wildman–Crippen MR) is 118 cm³/mol. The van der Waals surface area contributed by atoms with E-state index < -0.39 is 29.0 Å².